The molecule has 2 aromatic rings. The van der Waals surface area contributed by atoms with Crippen LogP contribution in [0, 0.1) is 6.92 Å². The molecule has 0 radical (unpaired) electrons. The van der Waals surface area contributed by atoms with Crippen molar-refractivity contribution in [1.82, 2.24) is 24.7 Å². The quantitative estimate of drug-likeness (QED) is 0.761. The van der Waals surface area contributed by atoms with Crippen LogP contribution < -0.4 is 0 Å². The predicted octanol–water partition coefficient (Wildman–Crippen LogP) is 0.851. The smallest absolute Gasteiger partial charge is 0.358 e. The summed E-state index contributed by atoms with van der Waals surface area (Å²) in [5.41, 5.74) is 0.168. The first-order valence-electron chi connectivity index (χ1n) is 5.06. The van der Waals surface area contributed by atoms with Gasteiger partial charge in [-0.25, -0.2) is 9.78 Å². The molecule has 94 valence electrons. The fraction of sp³-hybridized carbons (Fsp3) is 0.300. The van der Waals surface area contributed by atoms with Gasteiger partial charge in [-0.1, -0.05) is 0 Å². The average Bonchev–Trinajstić information content (AvgIpc) is 2.70. The van der Waals surface area contributed by atoms with Crippen LogP contribution in [0.2, 0.25) is 0 Å². The van der Waals surface area contributed by atoms with E-state index in [1.165, 1.54) is 25.1 Å². The highest BCUT2D eigenvalue weighted by Crippen LogP contribution is 2.23. The molecule has 7 nitrogen and oxygen atoms in total. The summed E-state index contributed by atoms with van der Waals surface area (Å²) in [7, 11) is 3.16. The van der Waals surface area contributed by atoms with E-state index in [1.807, 2.05) is 18.5 Å². The molecule has 0 atom stereocenters. The molecule has 18 heavy (non-hydrogen) atoms. The third-order valence-electron chi connectivity index (χ3n) is 2.26. The van der Waals surface area contributed by atoms with E-state index in [4.69, 9.17) is 0 Å². The van der Waals surface area contributed by atoms with Gasteiger partial charge in [-0.05, 0) is 18.7 Å². The zero-order valence-corrected chi connectivity index (χ0v) is 10.9. The van der Waals surface area contributed by atoms with Crippen LogP contribution in [0.15, 0.2) is 22.6 Å². The molecule has 0 fully saturated rings. The molecule has 0 N–H and O–H groups in total. The fourth-order valence-corrected chi connectivity index (χ4v) is 1.97. The molecule has 0 saturated carbocycles. The van der Waals surface area contributed by atoms with E-state index in [2.05, 4.69) is 24.9 Å². The first-order chi connectivity index (χ1) is 8.61. The number of nitrogens with zero attached hydrogens (tertiary/aromatic N) is 5. The van der Waals surface area contributed by atoms with Crippen molar-refractivity contribution in [2.75, 3.05) is 7.11 Å². The van der Waals surface area contributed by atoms with Crippen molar-refractivity contribution in [2.45, 2.75) is 17.1 Å². The molecular weight excluding hydrogens is 254 g/mol. The van der Waals surface area contributed by atoms with Gasteiger partial charge >= 0.3 is 5.97 Å². The van der Waals surface area contributed by atoms with Gasteiger partial charge in [-0.3, -0.25) is 4.98 Å². The van der Waals surface area contributed by atoms with Crippen molar-refractivity contribution >= 4 is 17.7 Å². The monoisotopic (exact) mass is 265 g/mol. The summed E-state index contributed by atoms with van der Waals surface area (Å²) < 4.78 is 6.42. The molecule has 0 saturated heterocycles. The van der Waals surface area contributed by atoms with Crippen LogP contribution >= 0.6 is 11.8 Å². The van der Waals surface area contributed by atoms with Gasteiger partial charge < -0.3 is 9.30 Å². The standard InChI is InChI=1S/C10H11N5O2S/c1-6-13-14-10(15(6)2)18-8-5-11-4-7(12-8)9(16)17-3/h4-5H,1-3H3. The van der Waals surface area contributed by atoms with E-state index in [1.54, 1.807) is 6.20 Å². The highest BCUT2D eigenvalue weighted by Gasteiger charge is 2.12. The minimum Gasteiger partial charge on any atom is -0.464 e. The second-order valence-electron chi connectivity index (χ2n) is 3.43. The lowest BCUT2D eigenvalue weighted by Crippen LogP contribution is -2.05. The Kier molecular flexibility index (Phi) is 3.56. The Morgan fingerprint density at radius 2 is 2.17 bits per heavy atom. The summed E-state index contributed by atoms with van der Waals surface area (Å²) in [6.07, 6.45) is 2.92. The van der Waals surface area contributed by atoms with Crippen LogP contribution in [0.5, 0.6) is 0 Å². The number of hydrogen-bond donors (Lipinski definition) is 0. The Bertz CT molecular complexity index is 583. The van der Waals surface area contributed by atoms with Crippen LogP contribution in [-0.2, 0) is 11.8 Å². The number of ether oxygens (including phenoxy) is 1. The molecule has 2 aromatic heterocycles. The summed E-state index contributed by atoms with van der Waals surface area (Å²) in [4.78, 5) is 19.4. The molecule has 0 aromatic carbocycles. The highest BCUT2D eigenvalue weighted by atomic mass is 32.2. The van der Waals surface area contributed by atoms with Crippen LogP contribution in [-0.4, -0.2) is 37.8 Å². The molecule has 0 amide bonds. The number of esters is 1. The molecule has 0 aliphatic carbocycles. The molecule has 2 heterocycles. The van der Waals surface area contributed by atoms with Gasteiger partial charge in [0.15, 0.2) is 10.9 Å². The number of carbonyl (C=O) groups is 1. The Morgan fingerprint density at radius 3 is 2.78 bits per heavy atom. The van der Waals surface area contributed by atoms with E-state index >= 15 is 0 Å². The third kappa shape index (κ3) is 2.48. The lowest BCUT2D eigenvalue weighted by atomic mass is 10.5. The second kappa shape index (κ2) is 5.13. The summed E-state index contributed by atoms with van der Waals surface area (Å²) >= 11 is 1.29. The Balaban J connectivity index is 2.24. The van der Waals surface area contributed by atoms with Gasteiger partial charge in [0.1, 0.15) is 10.9 Å². The van der Waals surface area contributed by atoms with Gasteiger partial charge in [0, 0.05) is 7.05 Å². The minimum atomic E-state index is -0.515. The number of aromatic nitrogens is 5. The van der Waals surface area contributed by atoms with Crippen molar-refractivity contribution in [3.8, 4) is 0 Å². The van der Waals surface area contributed by atoms with Gasteiger partial charge in [-0.15, -0.1) is 10.2 Å². The summed E-state index contributed by atoms with van der Waals surface area (Å²) in [5.74, 6) is 0.286. The van der Waals surface area contributed by atoms with Crippen molar-refractivity contribution in [1.29, 1.82) is 0 Å². The maximum atomic E-state index is 11.3. The zero-order chi connectivity index (χ0) is 13.1. The Labute approximate surface area is 108 Å². The highest BCUT2D eigenvalue weighted by molar-refractivity contribution is 7.99. The zero-order valence-electron chi connectivity index (χ0n) is 10.1. The number of aryl methyl sites for hydroxylation is 1. The van der Waals surface area contributed by atoms with Crippen molar-refractivity contribution in [3.05, 3.63) is 23.9 Å². The lowest BCUT2D eigenvalue weighted by molar-refractivity contribution is 0.0592. The fourth-order valence-electron chi connectivity index (χ4n) is 1.17. The Morgan fingerprint density at radius 1 is 1.39 bits per heavy atom. The average molecular weight is 265 g/mol. The first kappa shape index (κ1) is 12.5. The molecule has 8 heteroatoms. The lowest BCUT2D eigenvalue weighted by Gasteiger charge is -2.02. The number of methoxy groups -OCH3 is 1. The van der Waals surface area contributed by atoms with E-state index in [0.717, 1.165) is 5.82 Å². The van der Waals surface area contributed by atoms with Crippen LogP contribution in [0.3, 0.4) is 0 Å². The van der Waals surface area contributed by atoms with Crippen molar-refractivity contribution in [2.24, 2.45) is 7.05 Å². The van der Waals surface area contributed by atoms with Gasteiger partial charge in [0.2, 0.25) is 0 Å². The van der Waals surface area contributed by atoms with Gasteiger partial charge in [0.05, 0.1) is 19.5 Å². The van der Waals surface area contributed by atoms with Crippen molar-refractivity contribution < 1.29 is 9.53 Å². The Hall–Kier alpha value is -1.96. The summed E-state index contributed by atoms with van der Waals surface area (Å²) in [6.45, 7) is 1.85. The predicted molar refractivity (Wildman–Crippen MR) is 63.2 cm³/mol. The molecule has 0 aliphatic heterocycles. The molecular formula is C10H11N5O2S. The maximum absolute atomic E-state index is 11.3. The third-order valence-corrected chi connectivity index (χ3v) is 3.20. The maximum Gasteiger partial charge on any atom is 0.358 e. The molecule has 0 bridgehead atoms. The van der Waals surface area contributed by atoms with Gasteiger partial charge in [-0.2, -0.15) is 0 Å². The van der Waals surface area contributed by atoms with Crippen LogP contribution in [0.1, 0.15) is 16.3 Å². The number of carbonyl (C=O) groups excluding carboxylic acids is 1. The van der Waals surface area contributed by atoms with E-state index < -0.39 is 5.97 Å². The molecule has 2 rings (SSSR count). The number of hydrogen-bond acceptors (Lipinski definition) is 7. The minimum absolute atomic E-state index is 0.168. The molecule has 0 aliphatic rings. The van der Waals surface area contributed by atoms with Crippen molar-refractivity contribution in [3.63, 3.8) is 0 Å². The molecule has 0 spiro atoms. The number of rotatable bonds is 3. The second-order valence-corrected chi connectivity index (χ2v) is 4.41. The topological polar surface area (TPSA) is 82.8 Å². The van der Waals surface area contributed by atoms with E-state index in [-0.39, 0.29) is 5.69 Å². The first-order valence-corrected chi connectivity index (χ1v) is 5.87. The largest absolute Gasteiger partial charge is 0.464 e. The van der Waals surface area contributed by atoms with E-state index in [0.29, 0.717) is 10.2 Å². The van der Waals surface area contributed by atoms with Crippen LogP contribution in [0.4, 0.5) is 0 Å². The van der Waals surface area contributed by atoms with Gasteiger partial charge in [0.25, 0.3) is 0 Å². The molecule has 0 unspecified atom stereocenters. The SMILES string of the molecule is COC(=O)c1cncc(Sc2nnc(C)n2C)n1. The van der Waals surface area contributed by atoms with Crippen LogP contribution in [0.25, 0.3) is 0 Å². The summed E-state index contributed by atoms with van der Waals surface area (Å²) in [6, 6.07) is 0. The van der Waals surface area contributed by atoms with E-state index in [9.17, 15) is 4.79 Å². The normalized spacial score (nSPS) is 10.4. The summed E-state index contributed by atoms with van der Waals surface area (Å²) in [5, 5.41) is 9.18.